The Kier molecular flexibility index (Phi) is 7.36. The molecule has 2 aliphatic heterocycles. The van der Waals surface area contributed by atoms with Crippen LogP contribution in [0.5, 0.6) is 0 Å². The number of carbonyl (C=O) groups is 2. The summed E-state index contributed by atoms with van der Waals surface area (Å²) >= 11 is 3.53. The molecule has 6 nitrogen and oxygen atoms in total. The van der Waals surface area contributed by atoms with Gasteiger partial charge in [-0.3, -0.25) is 9.59 Å². The van der Waals surface area contributed by atoms with Crippen LogP contribution in [0.1, 0.15) is 60.4 Å². The van der Waals surface area contributed by atoms with Crippen molar-refractivity contribution in [3.8, 4) is 11.1 Å². The first-order chi connectivity index (χ1) is 17.9. The van der Waals surface area contributed by atoms with E-state index in [1.54, 1.807) is 0 Å². The fourth-order valence-corrected chi connectivity index (χ4v) is 5.83. The van der Waals surface area contributed by atoms with E-state index in [1.807, 2.05) is 59.5 Å². The van der Waals surface area contributed by atoms with Gasteiger partial charge in [0, 0.05) is 51.7 Å². The van der Waals surface area contributed by atoms with Gasteiger partial charge in [-0.25, -0.2) is 0 Å². The predicted octanol–water partition coefficient (Wildman–Crippen LogP) is 6.23. The number of aromatic amines is 1. The van der Waals surface area contributed by atoms with Crippen molar-refractivity contribution in [1.29, 1.82) is 0 Å². The number of anilines is 1. The monoisotopic (exact) mass is 560 g/mol. The van der Waals surface area contributed by atoms with Gasteiger partial charge in [0.2, 0.25) is 0 Å². The number of halogens is 1. The Labute approximate surface area is 226 Å². The summed E-state index contributed by atoms with van der Waals surface area (Å²) in [7, 11) is 0. The fraction of sp³-hybridized carbons (Fsp3) is 0.333. The summed E-state index contributed by atoms with van der Waals surface area (Å²) in [5.41, 5.74) is 6.53. The molecule has 0 fully saturated rings. The molecule has 1 aromatic heterocycles. The highest BCUT2D eigenvalue weighted by Crippen LogP contribution is 2.41. The van der Waals surface area contributed by atoms with E-state index in [-0.39, 0.29) is 17.7 Å². The largest absolute Gasteiger partial charge is 0.357 e. The minimum Gasteiger partial charge on any atom is -0.357 e. The molecule has 7 heteroatoms. The lowest BCUT2D eigenvalue weighted by Crippen LogP contribution is -2.40. The van der Waals surface area contributed by atoms with Crippen LogP contribution in [-0.2, 0) is 4.79 Å². The van der Waals surface area contributed by atoms with Crippen molar-refractivity contribution in [1.82, 2.24) is 14.8 Å². The zero-order valence-corrected chi connectivity index (χ0v) is 23.2. The number of fused-ring (bicyclic) bond motifs is 2. The van der Waals surface area contributed by atoms with Crippen LogP contribution in [0, 0.1) is 0 Å². The molecule has 3 aromatic rings. The van der Waals surface area contributed by atoms with Crippen LogP contribution >= 0.6 is 15.9 Å². The number of nitrogens with one attached hydrogen (secondary N) is 2. The topological polar surface area (TPSA) is 68.4 Å². The van der Waals surface area contributed by atoms with Crippen LogP contribution in [0.2, 0.25) is 0 Å². The average molecular weight is 562 g/mol. The summed E-state index contributed by atoms with van der Waals surface area (Å²) in [6.45, 7) is 11.0. The van der Waals surface area contributed by atoms with E-state index in [1.165, 1.54) is 0 Å². The zero-order chi connectivity index (χ0) is 26.1. The molecule has 0 saturated heterocycles. The van der Waals surface area contributed by atoms with Crippen molar-refractivity contribution >= 4 is 45.1 Å². The molecule has 2 aliphatic rings. The first-order valence-electron chi connectivity index (χ1n) is 13.1. The van der Waals surface area contributed by atoms with Crippen LogP contribution in [-0.4, -0.2) is 59.3 Å². The van der Waals surface area contributed by atoms with Crippen LogP contribution in [0.3, 0.4) is 0 Å². The second-order valence-corrected chi connectivity index (χ2v) is 10.7. The molecular weight excluding hydrogens is 528 g/mol. The highest BCUT2D eigenvalue weighted by molar-refractivity contribution is 9.10. The lowest BCUT2D eigenvalue weighted by Gasteiger charge is -2.32. The molecule has 1 unspecified atom stereocenters. The van der Waals surface area contributed by atoms with E-state index in [9.17, 15) is 9.59 Å². The summed E-state index contributed by atoms with van der Waals surface area (Å²) in [6.07, 6.45) is 2.85. The molecule has 0 spiro atoms. The number of H-pyrrole nitrogens is 1. The smallest absolute Gasteiger partial charge is 0.256 e. The highest BCUT2D eigenvalue weighted by Gasteiger charge is 2.35. The zero-order valence-electron chi connectivity index (χ0n) is 21.6. The van der Waals surface area contributed by atoms with Gasteiger partial charge in [0.1, 0.15) is 0 Å². The molecule has 0 saturated carbocycles. The van der Waals surface area contributed by atoms with Gasteiger partial charge in [-0.1, -0.05) is 67.0 Å². The van der Waals surface area contributed by atoms with Crippen molar-refractivity contribution in [2.75, 3.05) is 38.0 Å². The molecule has 192 valence electrons. The molecule has 2 aromatic carbocycles. The summed E-state index contributed by atoms with van der Waals surface area (Å²) < 4.78 is 0.909. The number of carbonyl (C=O) groups excluding carboxylic acids is 2. The number of hydrogen-bond acceptors (Lipinski definition) is 3. The standard InChI is InChI=1S/C30H33BrN4O2/c1-4-34(5-2)14-9-15-35-18-19(3)28-27(30(35)37)26(20-10-7-6-8-11-20)25(32-28)17-23-22-16-21(31)12-13-24(22)33-29(23)36/h6-8,10-13,16-17,19,32H,4-5,9,14-15,18H2,1-3H3,(H,33,36)/b23-17-. The number of nitrogens with zero attached hydrogens (tertiary/aromatic N) is 2. The van der Waals surface area contributed by atoms with E-state index in [0.29, 0.717) is 12.1 Å². The van der Waals surface area contributed by atoms with Crippen molar-refractivity contribution in [3.63, 3.8) is 0 Å². The Balaban J connectivity index is 1.57. The number of rotatable bonds is 8. The van der Waals surface area contributed by atoms with Gasteiger partial charge in [0.15, 0.2) is 0 Å². The van der Waals surface area contributed by atoms with Crippen LogP contribution < -0.4 is 5.32 Å². The minimum absolute atomic E-state index is 0.0615. The Bertz CT molecular complexity index is 1360. The fourth-order valence-electron chi connectivity index (χ4n) is 5.47. The molecular formula is C30H33BrN4O2. The Morgan fingerprint density at radius 3 is 2.57 bits per heavy atom. The number of aromatic nitrogens is 1. The third kappa shape index (κ3) is 4.90. The third-order valence-corrected chi connectivity index (χ3v) is 7.95. The average Bonchev–Trinajstić information content (AvgIpc) is 3.43. The first kappa shape index (κ1) is 25.5. The molecule has 5 rings (SSSR count). The van der Waals surface area contributed by atoms with E-state index in [2.05, 4.69) is 51.9 Å². The van der Waals surface area contributed by atoms with Crippen molar-refractivity contribution < 1.29 is 9.59 Å². The molecule has 2 N–H and O–H groups in total. The van der Waals surface area contributed by atoms with Gasteiger partial charge in [-0.05, 0) is 55.9 Å². The lowest BCUT2D eigenvalue weighted by molar-refractivity contribution is -0.110. The SMILES string of the molecule is CCN(CC)CCCN1CC(C)c2[nH]c(/C=C3\C(=O)Nc4ccc(Br)cc43)c(-c3ccccc3)c2C1=O. The number of benzene rings is 2. The second-order valence-electron chi connectivity index (χ2n) is 9.80. The van der Waals surface area contributed by atoms with E-state index >= 15 is 0 Å². The normalized spacial score (nSPS) is 17.9. The van der Waals surface area contributed by atoms with E-state index in [0.717, 1.165) is 76.4 Å². The Hall–Kier alpha value is -3.16. The van der Waals surface area contributed by atoms with Gasteiger partial charge in [0.05, 0.1) is 11.1 Å². The van der Waals surface area contributed by atoms with E-state index in [4.69, 9.17) is 0 Å². The van der Waals surface area contributed by atoms with Crippen LogP contribution in [0.15, 0.2) is 53.0 Å². The van der Waals surface area contributed by atoms with Crippen molar-refractivity contribution in [3.05, 3.63) is 75.5 Å². The quantitative estimate of drug-likeness (QED) is 0.321. The Morgan fingerprint density at radius 1 is 1.08 bits per heavy atom. The maximum absolute atomic E-state index is 13.9. The van der Waals surface area contributed by atoms with Crippen LogP contribution in [0.4, 0.5) is 5.69 Å². The van der Waals surface area contributed by atoms with E-state index < -0.39 is 0 Å². The molecule has 0 aliphatic carbocycles. The number of hydrogen-bond donors (Lipinski definition) is 2. The second kappa shape index (κ2) is 10.7. The third-order valence-electron chi connectivity index (χ3n) is 7.46. The predicted molar refractivity (Wildman–Crippen MR) is 154 cm³/mol. The van der Waals surface area contributed by atoms with Gasteiger partial charge >= 0.3 is 0 Å². The first-order valence-corrected chi connectivity index (χ1v) is 13.9. The van der Waals surface area contributed by atoms with Gasteiger partial charge in [-0.2, -0.15) is 0 Å². The maximum atomic E-state index is 13.9. The highest BCUT2D eigenvalue weighted by atomic mass is 79.9. The van der Waals surface area contributed by atoms with Crippen LogP contribution in [0.25, 0.3) is 22.8 Å². The summed E-state index contributed by atoms with van der Waals surface area (Å²) in [5, 5.41) is 2.96. The molecule has 3 heterocycles. The minimum atomic E-state index is -0.142. The summed E-state index contributed by atoms with van der Waals surface area (Å²) in [6, 6.07) is 15.8. The molecule has 1 atom stereocenters. The Morgan fingerprint density at radius 2 is 1.84 bits per heavy atom. The summed E-state index contributed by atoms with van der Waals surface area (Å²) in [5.74, 6) is 0.0816. The van der Waals surface area contributed by atoms with Gasteiger partial charge in [-0.15, -0.1) is 0 Å². The molecule has 37 heavy (non-hydrogen) atoms. The van der Waals surface area contributed by atoms with Crippen molar-refractivity contribution in [2.24, 2.45) is 0 Å². The van der Waals surface area contributed by atoms with Gasteiger partial charge in [0.25, 0.3) is 11.8 Å². The maximum Gasteiger partial charge on any atom is 0.256 e. The lowest BCUT2D eigenvalue weighted by atomic mass is 9.91. The molecule has 2 amide bonds. The molecule has 0 radical (unpaired) electrons. The summed E-state index contributed by atoms with van der Waals surface area (Å²) in [4.78, 5) is 34.8. The molecule has 0 bridgehead atoms. The van der Waals surface area contributed by atoms with Crippen molar-refractivity contribution in [2.45, 2.75) is 33.1 Å². The van der Waals surface area contributed by atoms with Gasteiger partial charge < -0.3 is 20.1 Å². The number of amides is 2.